The second-order valence-electron chi connectivity index (χ2n) is 4.20. The topological polar surface area (TPSA) is 51.0 Å². The maximum atomic E-state index is 12.9. The van der Waals surface area contributed by atoms with Crippen LogP contribution in [0.25, 0.3) is 0 Å². The molecule has 4 nitrogen and oxygen atoms in total. The minimum Gasteiger partial charge on any atom is -0.365 e. The van der Waals surface area contributed by atoms with Crippen molar-refractivity contribution in [1.82, 2.24) is 10.1 Å². The Morgan fingerprint density at radius 3 is 2.60 bits per heavy atom. The van der Waals surface area contributed by atoms with Gasteiger partial charge in [0.15, 0.2) is 0 Å². The molecule has 8 heteroatoms. The van der Waals surface area contributed by atoms with E-state index >= 15 is 0 Å². The minimum absolute atomic E-state index is 0.166. The summed E-state index contributed by atoms with van der Waals surface area (Å²) in [6, 6.07) is 0.989. The van der Waals surface area contributed by atoms with Gasteiger partial charge < -0.3 is 9.84 Å². The molecule has 0 unspecified atom stereocenters. The van der Waals surface area contributed by atoms with E-state index in [0.717, 1.165) is 11.6 Å². The number of hydrogen-bond acceptors (Lipinski definition) is 4. The van der Waals surface area contributed by atoms with Crippen LogP contribution in [0, 0.1) is 13.8 Å². The fourth-order valence-electron chi connectivity index (χ4n) is 1.72. The molecule has 0 aliphatic heterocycles. The maximum Gasteiger partial charge on any atom is 0.419 e. The third-order valence-corrected chi connectivity index (χ3v) is 3.21. The van der Waals surface area contributed by atoms with E-state index in [0.29, 0.717) is 11.5 Å². The quantitative estimate of drug-likeness (QED) is 0.906. The first-order valence-corrected chi connectivity index (χ1v) is 6.46. The monoisotopic (exact) mass is 349 g/mol. The Morgan fingerprint density at radius 2 is 2.05 bits per heavy atom. The smallest absolute Gasteiger partial charge is 0.365 e. The van der Waals surface area contributed by atoms with Crippen LogP contribution in [-0.2, 0) is 12.7 Å². The van der Waals surface area contributed by atoms with Crippen molar-refractivity contribution in [1.29, 1.82) is 0 Å². The Hall–Kier alpha value is -1.57. The van der Waals surface area contributed by atoms with Crippen molar-refractivity contribution in [3.8, 4) is 0 Å². The zero-order chi connectivity index (χ0) is 14.9. The zero-order valence-electron chi connectivity index (χ0n) is 10.7. The fraction of sp³-hybridized carbons (Fsp3) is 0.333. The van der Waals surface area contributed by atoms with Gasteiger partial charge >= 0.3 is 6.18 Å². The minimum atomic E-state index is -4.47. The molecular formula is C12H11BrF3N3O. The van der Waals surface area contributed by atoms with E-state index in [4.69, 9.17) is 4.52 Å². The standard InChI is InChI=1S/C12H11BrF3N3O/c1-6-9(7(2)20-19-6)5-18-11-10(12(14,15)16)3-8(13)4-17-11/h3-4H,5H2,1-2H3,(H,17,18). The van der Waals surface area contributed by atoms with Crippen LogP contribution in [0.5, 0.6) is 0 Å². The molecule has 2 heterocycles. The molecule has 0 saturated carbocycles. The summed E-state index contributed by atoms with van der Waals surface area (Å²) in [7, 11) is 0. The Kier molecular flexibility index (Phi) is 4.03. The average molecular weight is 350 g/mol. The highest BCUT2D eigenvalue weighted by molar-refractivity contribution is 9.10. The van der Waals surface area contributed by atoms with E-state index in [1.54, 1.807) is 13.8 Å². The van der Waals surface area contributed by atoms with Gasteiger partial charge in [-0.1, -0.05) is 5.16 Å². The second-order valence-corrected chi connectivity index (χ2v) is 5.12. The molecule has 0 bridgehead atoms. The van der Waals surface area contributed by atoms with Crippen LogP contribution in [0.4, 0.5) is 19.0 Å². The normalized spacial score (nSPS) is 11.7. The van der Waals surface area contributed by atoms with Crippen LogP contribution >= 0.6 is 15.9 Å². The Labute approximate surface area is 121 Å². The largest absolute Gasteiger partial charge is 0.419 e. The third kappa shape index (κ3) is 3.12. The van der Waals surface area contributed by atoms with Crippen molar-refractivity contribution in [2.75, 3.05) is 5.32 Å². The Morgan fingerprint density at radius 1 is 1.35 bits per heavy atom. The van der Waals surface area contributed by atoms with Crippen LogP contribution in [0.1, 0.15) is 22.6 Å². The number of alkyl halides is 3. The maximum absolute atomic E-state index is 12.9. The van der Waals surface area contributed by atoms with Crippen molar-refractivity contribution in [2.24, 2.45) is 0 Å². The number of aryl methyl sites for hydroxylation is 2. The average Bonchev–Trinajstić information content (AvgIpc) is 2.67. The van der Waals surface area contributed by atoms with Crippen LogP contribution in [0.2, 0.25) is 0 Å². The molecular weight excluding hydrogens is 339 g/mol. The number of anilines is 1. The van der Waals surface area contributed by atoms with Gasteiger partial charge in [0, 0.05) is 22.8 Å². The molecule has 0 aliphatic carbocycles. The van der Waals surface area contributed by atoms with E-state index in [1.165, 1.54) is 6.20 Å². The third-order valence-electron chi connectivity index (χ3n) is 2.77. The van der Waals surface area contributed by atoms with Gasteiger partial charge in [0.05, 0.1) is 11.3 Å². The molecule has 2 aromatic heterocycles. The molecule has 0 aromatic carbocycles. The lowest BCUT2D eigenvalue weighted by molar-refractivity contribution is -0.137. The van der Waals surface area contributed by atoms with Gasteiger partial charge in [-0.3, -0.25) is 0 Å². The zero-order valence-corrected chi connectivity index (χ0v) is 12.3. The number of aromatic nitrogens is 2. The summed E-state index contributed by atoms with van der Waals surface area (Å²) in [6.45, 7) is 3.60. The molecule has 108 valence electrons. The summed E-state index contributed by atoms with van der Waals surface area (Å²) in [6.07, 6.45) is -3.16. The number of pyridine rings is 1. The van der Waals surface area contributed by atoms with Gasteiger partial charge in [-0.15, -0.1) is 0 Å². The molecule has 2 aromatic rings. The summed E-state index contributed by atoms with van der Waals surface area (Å²) in [5, 5.41) is 6.43. The summed E-state index contributed by atoms with van der Waals surface area (Å²) in [5.41, 5.74) is 0.544. The molecule has 0 atom stereocenters. The molecule has 0 aliphatic rings. The number of nitrogens with one attached hydrogen (secondary N) is 1. The van der Waals surface area contributed by atoms with Crippen molar-refractivity contribution in [2.45, 2.75) is 26.6 Å². The van der Waals surface area contributed by atoms with Gasteiger partial charge in [-0.05, 0) is 35.8 Å². The van der Waals surface area contributed by atoms with Gasteiger partial charge in [0.1, 0.15) is 11.6 Å². The predicted molar refractivity (Wildman–Crippen MR) is 70.2 cm³/mol. The number of hydrogen-bond donors (Lipinski definition) is 1. The molecule has 2 rings (SSSR count). The second kappa shape index (κ2) is 5.43. The Bertz CT molecular complexity index is 605. The van der Waals surface area contributed by atoms with Crippen molar-refractivity contribution in [3.05, 3.63) is 39.3 Å². The van der Waals surface area contributed by atoms with Crippen LogP contribution in [-0.4, -0.2) is 10.1 Å². The highest BCUT2D eigenvalue weighted by atomic mass is 79.9. The first-order valence-electron chi connectivity index (χ1n) is 5.67. The lowest BCUT2D eigenvalue weighted by atomic mass is 10.2. The lowest BCUT2D eigenvalue weighted by Gasteiger charge is -2.13. The highest BCUT2D eigenvalue weighted by Gasteiger charge is 2.34. The number of nitrogens with zero attached hydrogens (tertiary/aromatic N) is 2. The number of rotatable bonds is 3. The summed E-state index contributed by atoms with van der Waals surface area (Å²) >= 11 is 2.99. The van der Waals surface area contributed by atoms with E-state index in [9.17, 15) is 13.2 Å². The summed E-state index contributed by atoms with van der Waals surface area (Å²) in [5.74, 6) is 0.348. The lowest BCUT2D eigenvalue weighted by Crippen LogP contribution is -2.12. The molecule has 0 radical (unpaired) electrons. The van der Waals surface area contributed by atoms with Gasteiger partial charge in [-0.25, -0.2) is 4.98 Å². The van der Waals surface area contributed by atoms with Gasteiger partial charge in [0.2, 0.25) is 0 Å². The molecule has 0 amide bonds. The fourth-order valence-corrected chi connectivity index (χ4v) is 2.05. The first-order chi connectivity index (χ1) is 9.29. The van der Waals surface area contributed by atoms with E-state index in [2.05, 4.69) is 31.4 Å². The van der Waals surface area contributed by atoms with Gasteiger partial charge in [-0.2, -0.15) is 13.2 Å². The van der Waals surface area contributed by atoms with Crippen molar-refractivity contribution < 1.29 is 17.7 Å². The highest BCUT2D eigenvalue weighted by Crippen LogP contribution is 2.35. The van der Waals surface area contributed by atoms with E-state index < -0.39 is 11.7 Å². The molecule has 0 spiro atoms. The van der Waals surface area contributed by atoms with Crippen LogP contribution < -0.4 is 5.32 Å². The first kappa shape index (κ1) is 14.8. The number of halogens is 4. The molecule has 0 saturated heterocycles. The molecule has 0 fully saturated rings. The van der Waals surface area contributed by atoms with Crippen molar-refractivity contribution >= 4 is 21.7 Å². The van der Waals surface area contributed by atoms with Crippen LogP contribution in [0.15, 0.2) is 21.3 Å². The Balaban J connectivity index is 2.26. The van der Waals surface area contributed by atoms with E-state index in [1.807, 2.05) is 0 Å². The molecule has 20 heavy (non-hydrogen) atoms. The van der Waals surface area contributed by atoms with Crippen LogP contribution in [0.3, 0.4) is 0 Å². The van der Waals surface area contributed by atoms with E-state index in [-0.39, 0.29) is 16.8 Å². The summed E-state index contributed by atoms with van der Waals surface area (Å²) < 4.78 is 44.0. The van der Waals surface area contributed by atoms with Crippen molar-refractivity contribution in [3.63, 3.8) is 0 Å². The molecule has 1 N–H and O–H groups in total. The van der Waals surface area contributed by atoms with Gasteiger partial charge in [0.25, 0.3) is 0 Å². The predicted octanol–water partition coefficient (Wildman–Crippen LogP) is 4.08. The SMILES string of the molecule is Cc1noc(C)c1CNc1ncc(Br)cc1C(F)(F)F. The summed E-state index contributed by atoms with van der Waals surface area (Å²) in [4.78, 5) is 3.77.